The summed E-state index contributed by atoms with van der Waals surface area (Å²) in [5.74, 6) is 0.320. The summed E-state index contributed by atoms with van der Waals surface area (Å²) >= 11 is -0.0387. The third-order valence-corrected chi connectivity index (χ3v) is 3.04. The minimum Gasteiger partial charge on any atom is -0.508 e. The maximum atomic E-state index is 9.22. The first-order valence-corrected chi connectivity index (χ1v) is 5.89. The fraction of sp³-hybridized carbons (Fsp3) is 0. The third kappa shape index (κ3) is 1.49. The molecule has 0 aliphatic carbocycles. The van der Waals surface area contributed by atoms with Crippen LogP contribution < -0.4 is 0 Å². The molecule has 2 rings (SSSR count). The van der Waals surface area contributed by atoms with Crippen LogP contribution in [-0.4, -0.2) is 8.77 Å². The molecule has 0 bridgehead atoms. The molecule has 1 nitrogen and oxygen atoms in total. The topological polar surface area (TPSA) is 20.2 Å². The second-order valence-corrected chi connectivity index (χ2v) is 4.43. The average molecular weight is 270 g/mol. The lowest BCUT2D eigenvalue weighted by molar-refractivity contribution is 0.475. The molecule has 2 heteroatoms. The SMILES string of the molecule is Oc1ccc2c(c1)C=C=IC=C2. The zero-order valence-corrected chi connectivity index (χ0v) is 8.45. The summed E-state index contributed by atoms with van der Waals surface area (Å²) in [6, 6.07) is 5.40. The molecular formula is C10H7IO. The van der Waals surface area contributed by atoms with Crippen molar-refractivity contribution in [3.8, 4) is 5.75 Å². The van der Waals surface area contributed by atoms with Crippen LogP contribution in [0.25, 0.3) is 12.2 Å². The molecule has 0 aromatic heterocycles. The van der Waals surface area contributed by atoms with Crippen LogP contribution in [0.2, 0.25) is 0 Å². The van der Waals surface area contributed by atoms with E-state index in [4.69, 9.17) is 0 Å². The van der Waals surface area contributed by atoms with Gasteiger partial charge in [-0.1, -0.05) is 9.73 Å². The first-order chi connectivity index (χ1) is 5.86. The van der Waals surface area contributed by atoms with Gasteiger partial charge in [0.2, 0.25) is 0 Å². The first kappa shape index (κ1) is 7.77. The van der Waals surface area contributed by atoms with Crippen molar-refractivity contribution in [1.29, 1.82) is 0 Å². The van der Waals surface area contributed by atoms with Crippen LogP contribution in [0, 0.1) is 0 Å². The fourth-order valence-corrected chi connectivity index (χ4v) is 2.36. The largest absolute Gasteiger partial charge is 0.508 e. The third-order valence-electron chi connectivity index (χ3n) is 1.65. The summed E-state index contributed by atoms with van der Waals surface area (Å²) in [7, 11) is 0. The Kier molecular flexibility index (Phi) is 2.11. The highest BCUT2D eigenvalue weighted by Crippen LogP contribution is 2.21. The van der Waals surface area contributed by atoms with E-state index < -0.39 is 0 Å². The van der Waals surface area contributed by atoms with E-state index in [9.17, 15) is 5.11 Å². The lowest BCUT2D eigenvalue weighted by atomic mass is 10.1. The van der Waals surface area contributed by atoms with Gasteiger partial charge in [0.25, 0.3) is 0 Å². The molecule has 0 saturated carbocycles. The van der Waals surface area contributed by atoms with Gasteiger partial charge in [0.05, 0.1) is 0 Å². The van der Waals surface area contributed by atoms with Crippen molar-refractivity contribution in [2.75, 3.05) is 0 Å². The van der Waals surface area contributed by atoms with Crippen molar-refractivity contribution in [3.05, 3.63) is 33.4 Å². The van der Waals surface area contributed by atoms with Crippen molar-refractivity contribution in [2.24, 2.45) is 0 Å². The zero-order chi connectivity index (χ0) is 8.39. The molecule has 0 radical (unpaired) electrons. The van der Waals surface area contributed by atoms with Crippen molar-refractivity contribution in [3.63, 3.8) is 0 Å². The number of halogens is 1. The Morgan fingerprint density at radius 3 is 3.08 bits per heavy atom. The molecule has 0 atom stereocenters. The highest BCUT2D eigenvalue weighted by Gasteiger charge is 1.98. The van der Waals surface area contributed by atoms with Crippen molar-refractivity contribution < 1.29 is 5.11 Å². The van der Waals surface area contributed by atoms with Gasteiger partial charge in [-0.05, 0) is 60.2 Å². The van der Waals surface area contributed by atoms with Crippen LogP contribution in [0.15, 0.2) is 22.3 Å². The summed E-state index contributed by atoms with van der Waals surface area (Å²) in [4.78, 5) is 0. The van der Waals surface area contributed by atoms with E-state index >= 15 is 0 Å². The number of hydrogen-bond donors (Lipinski definition) is 1. The van der Waals surface area contributed by atoms with Crippen LogP contribution in [0.4, 0.5) is 0 Å². The van der Waals surface area contributed by atoms with Gasteiger partial charge in [0.1, 0.15) is 5.75 Å². The molecule has 1 aromatic rings. The molecule has 12 heavy (non-hydrogen) atoms. The summed E-state index contributed by atoms with van der Waals surface area (Å²) in [5.41, 5.74) is 2.22. The summed E-state index contributed by atoms with van der Waals surface area (Å²) in [6.07, 6.45) is 4.06. The second kappa shape index (κ2) is 3.25. The number of fused-ring (bicyclic) bond motifs is 1. The van der Waals surface area contributed by atoms with E-state index in [2.05, 4.69) is 13.8 Å². The molecule has 1 aliphatic rings. The Balaban J connectivity index is 2.66. The summed E-state index contributed by atoms with van der Waals surface area (Å²) in [6.45, 7) is 0. The van der Waals surface area contributed by atoms with Gasteiger partial charge < -0.3 is 5.11 Å². The predicted molar refractivity (Wildman–Crippen MR) is 60.6 cm³/mol. The Morgan fingerprint density at radius 1 is 1.25 bits per heavy atom. The van der Waals surface area contributed by atoms with Gasteiger partial charge in [-0.2, -0.15) is 0 Å². The Morgan fingerprint density at radius 2 is 2.17 bits per heavy atom. The van der Waals surface area contributed by atoms with Crippen LogP contribution in [0.3, 0.4) is 0 Å². The van der Waals surface area contributed by atoms with E-state index in [-0.39, 0.29) is 20.7 Å². The number of benzene rings is 1. The molecule has 1 aliphatic heterocycles. The lowest BCUT2D eigenvalue weighted by Crippen LogP contribution is -1.78. The smallest absolute Gasteiger partial charge is 0.116 e. The van der Waals surface area contributed by atoms with Gasteiger partial charge in [-0.15, -0.1) is 0 Å². The highest BCUT2D eigenvalue weighted by molar-refractivity contribution is 14.2. The molecule has 0 fully saturated rings. The standard InChI is InChI=1S/C10H7IO/c12-10-2-1-8-3-5-11-6-4-9(8)7-10/h1-5,7,12H. The lowest BCUT2D eigenvalue weighted by Gasteiger charge is -1.99. The van der Waals surface area contributed by atoms with E-state index in [1.165, 1.54) is 0 Å². The molecule has 1 heterocycles. The zero-order valence-electron chi connectivity index (χ0n) is 6.29. The first-order valence-electron chi connectivity index (χ1n) is 3.57. The molecule has 0 saturated heterocycles. The van der Waals surface area contributed by atoms with Gasteiger partial charge in [-0.25, -0.2) is 0 Å². The van der Waals surface area contributed by atoms with Crippen LogP contribution in [0.1, 0.15) is 11.1 Å². The van der Waals surface area contributed by atoms with Gasteiger partial charge in [-0.3, -0.25) is 0 Å². The number of phenolic OH excluding ortho intramolecular Hbond substituents is 1. The van der Waals surface area contributed by atoms with E-state index in [1.54, 1.807) is 12.1 Å². The molecule has 0 amide bonds. The summed E-state index contributed by atoms with van der Waals surface area (Å²) in [5, 5.41) is 9.22. The Bertz CT molecular complexity index is 398. The molecular weight excluding hydrogens is 263 g/mol. The van der Waals surface area contributed by atoms with Crippen LogP contribution in [0.5, 0.6) is 5.75 Å². The van der Waals surface area contributed by atoms with E-state index in [0.717, 1.165) is 11.1 Å². The van der Waals surface area contributed by atoms with Crippen molar-refractivity contribution >= 4 is 36.5 Å². The minimum atomic E-state index is -0.0387. The number of hydrogen-bond acceptors (Lipinski definition) is 1. The van der Waals surface area contributed by atoms with Gasteiger partial charge in [0.15, 0.2) is 0 Å². The molecule has 0 unspecified atom stereocenters. The number of aromatic hydroxyl groups is 1. The number of phenols is 1. The van der Waals surface area contributed by atoms with Gasteiger partial charge >= 0.3 is 0 Å². The molecule has 1 aromatic carbocycles. The second-order valence-electron chi connectivity index (χ2n) is 2.47. The Labute approximate surface area is 80.8 Å². The maximum absolute atomic E-state index is 9.22. The normalized spacial score (nSPS) is 13.3. The summed E-state index contributed by atoms with van der Waals surface area (Å²) < 4.78 is 5.38. The quantitative estimate of drug-likeness (QED) is 0.719. The van der Waals surface area contributed by atoms with Crippen molar-refractivity contribution in [2.45, 2.75) is 0 Å². The minimum absolute atomic E-state index is 0.0387. The van der Waals surface area contributed by atoms with Crippen LogP contribution >= 0.6 is 20.7 Å². The van der Waals surface area contributed by atoms with Crippen LogP contribution in [-0.2, 0) is 0 Å². The average Bonchev–Trinajstić information content (AvgIpc) is 2.28. The predicted octanol–water partition coefficient (Wildman–Crippen LogP) is 2.76. The number of rotatable bonds is 0. The van der Waals surface area contributed by atoms with Gasteiger partial charge in [0, 0.05) is 0 Å². The van der Waals surface area contributed by atoms with E-state index in [1.807, 2.05) is 12.1 Å². The van der Waals surface area contributed by atoms with E-state index in [0.29, 0.717) is 5.75 Å². The molecule has 0 spiro atoms. The Hall–Kier alpha value is -0.860. The maximum Gasteiger partial charge on any atom is 0.116 e. The molecule has 60 valence electrons. The molecule has 1 N–H and O–H groups in total. The highest BCUT2D eigenvalue weighted by atomic mass is 127. The monoisotopic (exact) mass is 270 g/mol. The van der Waals surface area contributed by atoms with Crippen molar-refractivity contribution in [1.82, 2.24) is 0 Å². The fourth-order valence-electron chi connectivity index (χ4n) is 1.06.